The van der Waals surface area contributed by atoms with Crippen molar-refractivity contribution in [2.24, 2.45) is 10.7 Å². The molecule has 0 spiro atoms. The van der Waals surface area contributed by atoms with Crippen LogP contribution in [0.25, 0.3) is 6.08 Å². The summed E-state index contributed by atoms with van der Waals surface area (Å²) in [6.07, 6.45) is 4.23. The molecule has 0 amide bonds. The van der Waals surface area contributed by atoms with E-state index in [1.54, 1.807) is 0 Å². The predicted octanol–water partition coefficient (Wildman–Crippen LogP) is 4.05. The normalized spacial score (nSPS) is 19.7. The van der Waals surface area contributed by atoms with Crippen LogP contribution in [0.3, 0.4) is 0 Å². The van der Waals surface area contributed by atoms with Crippen molar-refractivity contribution in [2.45, 2.75) is 19.9 Å². The fraction of sp³-hybridized carbons (Fsp3) is 0.160. The maximum Gasteiger partial charge on any atom is 0.153 e. The number of nitrogens with zero attached hydrogens (tertiary/aromatic N) is 1. The second kappa shape index (κ2) is 8.12. The molecule has 2 aliphatic rings. The van der Waals surface area contributed by atoms with Crippen LogP contribution in [0.15, 0.2) is 88.2 Å². The highest BCUT2D eigenvalue weighted by Crippen LogP contribution is 2.31. The van der Waals surface area contributed by atoms with E-state index in [0.717, 1.165) is 45.2 Å². The molecule has 2 aliphatic heterocycles. The van der Waals surface area contributed by atoms with E-state index in [1.165, 1.54) is 0 Å². The minimum atomic E-state index is -0.251. The molecule has 4 N–H and O–H groups in total. The third-order valence-electron chi connectivity index (χ3n) is 4.88. The minimum absolute atomic E-state index is 0.251. The van der Waals surface area contributed by atoms with Crippen LogP contribution < -0.4 is 16.4 Å². The molecule has 4 nitrogen and oxygen atoms in total. The first kappa shape index (κ1) is 18.6. The topological polar surface area (TPSA) is 62.4 Å². The van der Waals surface area contributed by atoms with Crippen molar-refractivity contribution in [3.63, 3.8) is 0 Å². The summed E-state index contributed by atoms with van der Waals surface area (Å²) in [6, 6.07) is 18.2. The number of hydrogen-bond acceptors (Lipinski definition) is 4. The van der Waals surface area contributed by atoms with Gasteiger partial charge in [0.2, 0.25) is 0 Å². The largest absolute Gasteiger partial charge is 0.402 e. The average molecular weight is 380 g/mol. The predicted molar refractivity (Wildman–Crippen MR) is 121 cm³/mol. The van der Waals surface area contributed by atoms with E-state index in [2.05, 4.69) is 40.7 Å². The first-order valence-electron chi connectivity index (χ1n) is 9.70. The highest BCUT2D eigenvalue weighted by Gasteiger charge is 2.26. The van der Waals surface area contributed by atoms with Crippen molar-refractivity contribution in [1.29, 1.82) is 0 Å². The van der Waals surface area contributed by atoms with Gasteiger partial charge in [-0.2, -0.15) is 0 Å². The maximum atomic E-state index is 6.11. The van der Waals surface area contributed by atoms with E-state index in [4.69, 9.17) is 10.7 Å². The van der Waals surface area contributed by atoms with Gasteiger partial charge in [0.25, 0.3) is 0 Å². The Morgan fingerprint density at radius 3 is 2.66 bits per heavy atom. The van der Waals surface area contributed by atoms with Crippen LogP contribution in [0, 0.1) is 11.8 Å². The van der Waals surface area contributed by atoms with Gasteiger partial charge in [-0.05, 0) is 43.2 Å². The summed E-state index contributed by atoms with van der Waals surface area (Å²) >= 11 is 0. The second-order valence-electron chi connectivity index (χ2n) is 7.09. The maximum absolute atomic E-state index is 6.11. The molecule has 2 aromatic rings. The molecular weight excluding hydrogens is 356 g/mol. The van der Waals surface area contributed by atoms with Crippen LogP contribution >= 0.6 is 0 Å². The molecule has 0 aromatic heterocycles. The van der Waals surface area contributed by atoms with E-state index >= 15 is 0 Å². The van der Waals surface area contributed by atoms with E-state index in [9.17, 15) is 0 Å². The smallest absolute Gasteiger partial charge is 0.153 e. The Hall–Kier alpha value is -3.71. The summed E-state index contributed by atoms with van der Waals surface area (Å²) in [5, 5.41) is 7.03. The van der Waals surface area contributed by atoms with Gasteiger partial charge in [0, 0.05) is 29.1 Å². The van der Waals surface area contributed by atoms with Crippen LogP contribution in [-0.2, 0) is 0 Å². The van der Waals surface area contributed by atoms with Gasteiger partial charge >= 0.3 is 0 Å². The monoisotopic (exact) mass is 380 g/mol. The lowest BCUT2D eigenvalue weighted by Gasteiger charge is -2.22. The van der Waals surface area contributed by atoms with Gasteiger partial charge in [-0.1, -0.05) is 54.5 Å². The average Bonchev–Trinajstić information content (AvgIpc) is 3.16. The standard InChI is InChI=1S/C25H24N4/c1-3-9-23-24(29-25(28-23)18-10-5-4-6-11-18)21(14-17(2)26)20-15-19-12-7-8-13-22(19)27-16-20/h4-8,10-15,23,27H,16,26H2,1-2H3,(H,28,29)/b17-14+,24-21-. The fourth-order valence-corrected chi connectivity index (χ4v) is 3.58. The molecule has 0 saturated carbocycles. The van der Waals surface area contributed by atoms with E-state index in [0.29, 0.717) is 6.54 Å². The number of benzene rings is 2. The second-order valence-corrected chi connectivity index (χ2v) is 7.09. The molecule has 4 rings (SSSR count). The number of hydrogen-bond donors (Lipinski definition) is 3. The highest BCUT2D eigenvalue weighted by molar-refractivity contribution is 6.02. The Balaban J connectivity index is 1.82. The van der Waals surface area contributed by atoms with Gasteiger partial charge < -0.3 is 16.4 Å². The van der Waals surface area contributed by atoms with Crippen molar-refractivity contribution in [1.82, 2.24) is 5.32 Å². The van der Waals surface area contributed by atoms with Crippen molar-refractivity contribution < 1.29 is 0 Å². The summed E-state index contributed by atoms with van der Waals surface area (Å²) < 4.78 is 0. The molecule has 1 unspecified atom stereocenters. The third kappa shape index (κ3) is 3.95. The van der Waals surface area contributed by atoms with Crippen LogP contribution in [-0.4, -0.2) is 18.4 Å². The molecule has 2 heterocycles. The van der Waals surface area contributed by atoms with Crippen molar-refractivity contribution in [2.75, 3.05) is 11.9 Å². The number of aliphatic imine (C=N–C) groups is 1. The molecule has 0 saturated heterocycles. The number of rotatable bonds is 3. The van der Waals surface area contributed by atoms with E-state index in [-0.39, 0.29) is 6.04 Å². The molecule has 144 valence electrons. The first-order valence-corrected chi connectivity index (χ1v) is 9.70. The van der Waals surface area contributed by atoms with Gasteiger partial charge in [0.15, 0.2) is 6.04 Å². The van der Waals surface area contributed by atoms with Gasteiger partial charge in [-0.3, -0.25) is 0 Å². The number of nitrogens with two attached hydrogens (primary N) is 1. The zero-order valence-corrected chi connectivity index (χ0v) is 16.7. The van der Waals surface area contributed by atoms with Crippen LogP contribution in [0.4, 0.5) is 5.69 Å². The zero-order valence-electron chi connectivity index (χ0n) is 16.7. The molecule has 2 aromatic carbocycles. The lowest BCUT2D eigenvalue weighted by molar-refractivity contribution is 0.959. The quantitative estimate of drug-likeness (QED) is 0.704. The first-order chi connectivity index (χ1) is 14.2. The summed E-state index contributed by atoms with van der Waals surface area (Å²) in [5.41, 5.74) is 13.3. The lowest BCUT2D eigenvalue weighted by Crippen LogP contribution is -2.23. The molecule has 0 bridgehead atoms. The van der Waals surface area contributed by atoms with Crippen LogP contribution in [0.1, 0.15) is 25.0 Å². The number of fused-ring (bicyclic) bond motifs is 1. The van der Waals surface area contributed by atoms with Crippen molar-refractivity contribution in [3.05, 3.63) is 94.3 Å². The van der Waals surface area contributed by atoms with Crippen LogP contribution in [0.2, 0.25) is 0 Å². The van der Waals surface area contributed by atoms with Gasteiger partial charge in [0.05, 0.1) is 5.70 Å². The Morgan fingerprint density at radius 2 is 1.90 bits per heavy atom. The van der Waals surface area contributed by atoms with Crippen molar-refractivity contribution in [3.8, 4) is 11.8 Å². The van der Waals surface area contributed by atoms with Gasteiger partial charge in [0.1, 0.15) is 5.84 Å². The summed E-state index contributed by atoms with van der Waals surface area (Å²) in [7, 11) is 0. The molecule has 1 atom stereocenters. The van der Waals surface area contributed by atoms with Crippen molar-refractivity contribution >= 4 is 17.6 Å². The van der Waals surface area contributed by atoms with Crippen LogP contribution in [0.5, 0.6) is 0 Å². The minimum Gasteiger partial charge on any atom is -0.402 e. The van der Waals surface area contributed by atoms with Gasteiger partial charge in [-0.15, -0.1) is 5.92 Å². The molecule has 0 radical (unpaired) electrons. The summed E-state index contributed by atoms with van der Waals surface area (Å²) in [4.78, 5) is 4.85. The summed E-state index contributed by atoms with van der Waals surface area (Å²) in [5.74, 6) is 7.08. The molecule has 0 fully saturated rings. The number of para-hydroxylation sites is 1. The molecule has 29 heavy (non-hydrogen) atoms. The number of amidine groups is 1. The fourth-order valence-electron chi connectivity index (χ4n) is 3.58. The Bertz CT molecular complexity index is 1100. The highest BCUT2D eigenvalue weighted by atomic mass is 15.1. The number of nitrogens with one attached hydrogen (secondary N) is 2. The van der Waals surface area contributed by atoms with E-state index in [1.807, 2.05) is 62.4 Å². The Labute approximate surface area is 171 Å². The van der Waals surface area contributed by atoms with E-state index < -0.39 is 0 Å². The lowest BCUT2D eigenvalue weighted by atomic mass is 9.94. The third-order valence-corrected chi connectivity index (χ3v) is 4.88. The molecule has 4 heteroatoms. The molecular formula is C25H24N4. The Kier molecular flexibility index (Phi) is 5.22. The molecule has 0 aliphatic carbocycles. The number of allylic oxidation sites excluding steroid dienone is 2. The SMILES string of the molecule is CC#CC1N=C(c2ccccc2)N/C1=C(/C=C(\C)N)C1=Cc2ccccc2NC1. The number of anilines is 1. The van der Waals surface area contributed by atoms with Gasteiger partial charge in [-0.25, -0.2) is 4.99 Å². The zero-order chi connectivity index (χ0) is 20.2. The Morgan fingerprint density at radius 1 is 1.14 bits per heavy atom. The summed E-state index contributed by atoms with van der Waals surface area (Å²) in [6.45, 7) is 4.46.